The van der Waals surface area contributed by atoms with Crippen LogP contribution in [0.2, 0.25) is 5.02 Å². The minimum Gasteiger partial charge on any atom is -0.481 e. The van der Waals surface area contributed by atoms with Gasteiger partial charge < -0.3 is 10.0 Å². The number of halogens is 4. The van der Waals surface area contributed by atoms with E-state index >= 15 is 0 Å². The number of aromatic nitrogens is 1. The van der Waals surface area contributed by atoms with E-state index in [2.05, 4.69) is 4.98 Å². The molecule has 0 spiro atoms. The summed E-state index contributed by atoms with van der Waals surface area (Å²) in [5.41, 5.74) is 0.356. The van der Waals surface area contributed by atoms with Gasteiger partial charge in [0.1, 0.15) is 0 Å². The number of carbonyl (C=O) groups excluding carboxylic acids is 1. The SMILES string of the molecule is O=C(O)[C@@H]1CN(C(=O)c2ccc(Cl)c3cccnc23)C[C@H]1C(F)(F)F. The van der Waals surface area contributed by atoms with Crippen molar-refractivity contribution in [3.8, 4) is 0 Å². The van der Waals surface area contributed by atoms with Crippen LogP contribution in [0.3, 0.4) is 0 Å². The number of alkyl halides is 3. The Hall–Kier alpha value is -2.35. The number of hydrogen-bond acceptors (Lipinski definition) is 3. The van der Waals surface area contributed by atoms with E-state index in [1.54, 1.807) is 12.1 Å². The Kier molecular flexibility index (Phi) is 4.32. The number of likely N-dealkylation sites (tertiary alicyclic amines) is 1. The third-order valence-electron chi connectivity index (χ3n) is 4.29. The first-order valence-electron chi connectivity index (χ1n) is 7.32. The van der Waals surface area contributed by atoms with Gasteiger partial charge in [-0.3, -0.25) is 14.6 Å². The monoisotopic (exact) mass is 372 g/mol. The molecule has 1 amide bonds. The van der Waals surface area contributed by atoms with Crippen LogP contribution in [0.25, 0.3) is 10.9 Å². The Morgan fingerprint density at radius 2 is 1.96 bits per heavy atom. The van der Waals surface area contributed by atoms with Crippen LogP contribution < -0.4 is 0 Å². The van der Waals surface area contributed by atoms with Gasteiger partial charge in [-0.1, -0.05) is 11.6 Å². The first-order chi connectivity index (χ1) is 11.7. The van der Waals surface area contributed by atoms with Gasteiger partial charge in [0.2, 0.25) is 0 Å². The van der Waals surface area contributed by atoms with Crippen LogP contribution in [0, 0.1) is 11.8 Å². The van der Waals surface area contributed by atoms with Gasteiger partial charge in [0.25, 0.3) is 5.91 Å². The van der Waals surface area contributed by atoms with Gasteiger partial charge in [0, 0.05) is 24.7 Å². The highest BCUT2D eigenvalue weighted by Gasteiger charge is 2.53. The zero-order chi connectivity index (χ0) is 18.4. The lowest BCUT2D eigenvalue weighted by atomic mass is 9.96. The van der Waals surface area contributed by atoms with Crippen LogP contribution in [0.4, 0.5) is 13.2 Å². The molecule has 9 heteroatoms. The minimum atomic E-state index is -4.70. The van der Waals surface area contributed by atoms with Crippen molar-refractivity contribution < 1.29 is 27.9 Å². The van der Waals surface area contributed by atoms with Crippen LogP contribution in [0.15, 0.2) is 30.5 Å². The van der Waals surface area contributed by atoms with E-state index in [4.69, 9.17) is 16.7 Å². The maximum atomic E-state index is 13.1. The summed E-state index contributed by atoms with van der Waals surface area (Å²) in [6.07, 6.45) is -3.25. The van der Waals surface area contributed by atoms with Gasteiger partial charge >= 0.3 is 12.1 Å². The largest absolute Gasteiger partial charge is 0.481 e. The number of fused-ring (bicyclic) bond motifs is 1. The lowest BCUT2D eigenvalue weighted by Crippen LogP contribution is -2.34. The molecule has 1 saturated heterocycles. The Morgan fingerprint density at radius 3 is 2.56 bits per heavy atom. The first-order valence-corrected chi connectivity index (χ1v) is 7.70. The average molecular weight is 373 g/mol. The van der Waals surface area contributed by atoms with Crippen LogP contribution in [-0.4, -0.2) is 46.1 Å². The molecule has 3 rings (SSSR count). The van der Waals surface area contributed by atoms with E-state index in [1.165, 1.54) is 18.3 Å². The van der Waals surface area contributed by atoms with Crippen LogP contribution in [0.5, 0.6) is 0 Å². The third-order valence-corrected chi connectivity index (χ3v) is 4.62. The van der Waals surface area contributed by atoms with E-state index in [9.17, 15) is 22.8 Å². The molecule has 0 aliphatic carbocycles. The second-order valence-corrected chi connectivity index (χ2v) is 6.20. The molecule has 2 atom stereocenters. The molecule has 1 aromatic carbocycles. The highest BCUT2D eigenvalue weighted by atomic mass is 35.5. The molecule has 0 unspecified atom stereocenters. The zero-order valence-corrected chi connectivity index (χ0v) is 13.4. The fourth-order valence-corrected chi connectivity index (χ4v) is 3.25. The summed E-state index contributed by atoms with van der Waals surface area (Å²) >= 11 is 6.05. The highest BCUT2D eigenvalue weighted by Crippen LogP contribution is 2.38. The van der Waals surface area contributed by atoms with Gasteiger partial charge in [0.05, 0.1) is 27.9 Å². The zero-order valence-electron chi connectivity index (χ0n) is 12.6. The molecule has 1 N–H and O–H groups in total. The lowest BCUT2D eigenvalue weighted by molar-refractivity contribution is -0.187. The third kappa shape index (κ3) is 3.13. The molecule has 5 nitrogen and oxygen atoms in total. The molecule has 2 heterocycles. The normalized spacial score (nSPS) is 20.9. The number of amides is 1. The van der Waals surface area contributed by atoms with E-state index < -0.39 is 43.0 Å². The Bertz CT molecular complexity index is 856. The second kappa shape index (κ2) is 6.18. The quantitative estimate of drug-likeness (QED) is 0.878. The predicted molar refractivity (Wildman–Crippen MR) is 83.3 cm³/mol. The number of pyridine rings is 1. The van der Waals surface area contributed by atoms with Crippen molar-refractivity contribution >= 4 is 34.4 Å². The van der Waals surface area contributed by atoms with Gasteiger partial charge in [-0.2, -0.15) is 13.2 Å². The Labute approximate surface area is 145 Å². The Morgan fingerprint density at radius 1 is 1.24 bits per heavy atom. The van der Waals surface area contributed by atoms with Gasteiger partial charge in [-0.15, -0.1) is 0 Å². The van der Waals surface area contributed by atoms with Crippen LogP contribution in [-0.2, 0) is 4.79 Å². The maximum Gasteiger partial charge on any atom is 0.394 e. The summed E-state index contributed by atoms with van der Waals surface area (Å²) < 4.78 is 39.3. The summed E-state index contributed by atoms with van der Waals surface area (Å²) in [7, 11) is 0. The number of carboxylic acid groups (broad SMARTS) is 1. The average Bonchev–Trinajstić information content (AvgIpc) is 3.01. The smallest absolute Gasteiger partial charge is 0.394 e. The van der Waals surface area contributed by atoms with Crippen molar-refractivity contribution in [2.24, 2.45) is 11.8 Å². The fourth-order valence-electron chi connectivity index (χ4n) is 3.03. The van der Waals surface area contributed by atoms with E-state index in [-0.39, 0.29) is 11.1 Å². The molecule has 1 aliphatic rings. The molecule has 0 bridgehead atoms. The fraction of sp³-hybridized carbons (Fsp3) is 0.312. The summed E-state index contributed by atoms with van der Waals surface area (Å²) in [5, 5.41) is 9.91. The van der Waals surface area contributed by atoms with E-state index in [0.717, 1.165) is 4.90 Å². The number of carboxylic acids is 1. The molecule has 132 valence electrons. The lowest BCUT2D eigenvalue weighted by Gasteiger charge is -2.19. The number of rotatable bonds is 2. The molecule has 1 aliphatic heterocycles. The van der Waals surface area contributed by atoms with Crippen molar-refractivity contribution in [2.45, 2.75) is 6.18 Å². The van der Waals surface area contributed by atoms with Gasteiger partial charge in [-0.25, -0.2) is 0 Å². The number of hydrogen-bond donors (Lipinski definition) is 1. The van der Waals surface area contributed by atoms with Crippen LogP contribution >= 0.6 is 11.6 Å². The number of nitrogens with zero attached hydrogens (tertiary/aromatic N) is 2. The van der Waals surface area contributed by atoms with Crippen molar-refractivity contribution in [1.29, 1.82) is 0 Å². The highest BCUT2D eigenvalue weighted by molar-refractivity contribution is 6.36. The molecule has 2 aromatic rings. The minimum absolute atomic E-state index is 0.0898. The van der Waals surface area contributed by atoms with Crippen molar-refractivity contribution in [3.05, 3.63) is 41.0 Å². The molecular weight excluding hydrogens is 361 g/mol. The topological polar surface area (TPSA) is 70.5 Å². The van der Waals surface area contributed by atoms with Gasteiger partial charge in [0.15, 0.2) is 0 Å². The molecule has 0 saturated carbocycles. The maximum absolute atomic E-state index is 13.1. The summed E-state index contributed by atoms with van der Waals surface area (Å²) in [6.45, 7) is -1.20. The number of benzene rings is 1. The van der Waals surface area contributed by atoms with Gasteiger partial charge in [-0.05, 0) is 24.3 Å². The molecule has 0 radical (unpaired) electrons. The van der Waals surface area contributed by atoms with Crippen molar-refractivity contribution in [1.82, 2.24) is 9.88 Å². The first kappa shape index (κ1) is 17.5. The summed E-state index contributed by atoms with van der Waals surface area (Å²) in [4.78, 5) is 28.8. The van der Waals surface area contributed by atoms with Crippen molar-refractivity contribution in [2.75, 3.05) is 13.1 Å². The Balaban J connectivity index is 1.97. The van der Waals surface area contributed by atoms with E-state index in [0.29, 0.717) is 10.4 Å². The van der Waals surface area contributed by atoms with E-state index in [1.807, 2.05) is 0 Å². The summed E-state index contributed by atoms with van der Waals surface area (Å²) in [6, 6.07) is 6.12. The van der Waals surface area contributed by atoms with Crippen molar-refractivity contribution in [3.63, 3.8) is 0 Å². The molecule has 1 aromatic heterocycles. The standard InChI is InChI=1S/C16H12ClF3N2O3/c17-12-4-3-9(13-8(12)2-1-5-21-13)14(23)22-6-10(15(24)25)11(7-22)16(18,19)20/h1-5,10-11H,6-7H2,(H,24,25)/t10-,11-/m1/s1. The molecule has 25 heavy (non-hydrogen) atoms. The molecule has 1 fully saturated rings. The van der Waals surface area contributed by atoms with Crippen LogP contribution in [0.1, 0.15) is 10.4 Å². The molecular formula is C16H12ClF3N2O3. The number of aliphatic carboxylic acids is 1. The summed E-state index contributed by atoms with van der Waals surface area (Å²) in [5.74, 6) is -6.05. The number of carbonyl (C=O) groups is 2. The predicted octanol–water partition coefficient (Wildman–Crippen LogP) is 3.22. The second-order valence-electron chi connectivity index (χ2n) is 5.80.